The van der Waals surface area contributed by atoms with Crippen LogP contribution in [0.2, 0.25) is 0 Å². The monoisotopic (exact) mass is 450 g/mol. The van der Waals surface area contributed by atoms with E-state index in [0.717, 1.165) is 44.7 Å². The molecule has 2 aliphatic heterocycles. The van der Waals surface area contributed by atoms with Crippen LogP contribution >= 0.6 is 0 Å². The molecule has 2 unspecified atom stereocenters. The second-order valence-corrected chi connectivity index (χ2v) is 7.99. The van der Waals surface area contributed by atoms with Crippen LogP contribution in [0.15, 0.2) is 12.4 Å². The van der Waals surface area contributed by atoms with E-state index >= 15 is 0 Å². The van der Waals surface area contributed by atoms with E-state index in [1.807, 2.05) is 19.4 Å². The number of likely N-dealkylation sites (tertiary alicyclic amines) is 1. The predicted molar refractivity (Wildman–Crippen MR) is 103 cm³/mol. The lowest BCUT2D eigenvalue weighted by Gasteiger charge is -2.39. The van der Waals surface area contributed by atoms with Gasteiger partial charge in [-0.2, -0.15) is 13.2 Å². The zero-order valence-corrected chi connectivity index (χ0v) is 17.9. The van der Waals surface area contributed by atoms with Gasteiger partial charge in [0.15, 0.2) is 0 Å². The van der Waals surface area contributed by atoms with E-state index in [1.54, 1.807) is 19.0 Å². The molecule has 176 valence electrons. The number of rotatable bonds is 5. The third-order valence-corrected chi connectivity index (χ3v) is 5.26. The summed E-state index contributed by atoms with van der Waals surface area (Å²) in [5, 5.41) is 7.12. The molecule has 3 heterocycles. The first-order valence-electron chi connectivity index (χ1n) is 9.86. The minimum absolute atomic E-state index is 0.00370. The SMILES string of the molecule is CN(C)C(=O)COC1COC2(CCCN(Cc3nccn3C)C2)C1.O=C(O)C(F)(F)F. The van der Waals surface area contributed by atoms with Crippen LogP contribution in [0.1, 0.15) is 25.1 Å². The average molecular weight is 450 g/mol. The van der Waals surface area contributed by atoms with Gasteiger partial charge in [-0.15, -0.1) is 0 Å². The largest absolute Gasteiger partial charge is 0.490 e. The number of aliphatic carboxylic acids is 1. The normalized spacial score (nSPS) is 24.0. The summed E-state index contributed by atoms with van der Waals surface area (Å²) in [5.74, 6) is -1.68. The Morgan fingerprint density at radius 3 is 2.65 bits per heavy atom. The molecule has 31 heavy (non-hydrogen) atoms. The van der Waals surface area contributed by atoms with Crippen molar-refractivity contribution in [1.29, 1.82) is 0 Å². The number of hydrogen-bond acceptors (Lipinski definition) is 6. The molecule has 2 saturated heterocycles. The van der Waals surface area contributed by atoms with E-state index in [9.17, 15) is 18.0 Å². The summed E-state index contributed by atoms with van der Waals surface area (Å²) in [6, 6.07) is 0. The van der Waals surface area contributed by atoms with Crippen molar-refractivity contribution in [2.24, 2.45) is 7.05 Å². The van der Waals surface area contributed by atoms with Gasteiger partial charge in [0.05, 0.1) is 24.9 Å². The Hall–Kier alpha value is -2.18. The van der Waals surface area contributed by atoms with Crippen LogP contribution < -0.4 is 0 Å². The van der Waals surface area contributed by atoms with Crippen LogP contribution in [0.3, 0.4) is 0 Å². The highest BCUT2D eigenvalue weighted by atomic mass is 19.4. The van der Waals surface area contributed by atoms with Gasteiger partial charge >= 0.3 is 12.1 Å². The first-order valence-corrected chi connectivity index (χ1v) is 9.86. The molecule has 1 N–H and O–H groups in total. The van der Waals surface area contributed by atoms with Crippen molar-refractivity contribution in [2.45, 2.75) is 43.7 Å². The standard InChI is InChI=1S/C17H28N4O3.C2HF3O2/c1-19(2)16(22)12-23-14-9-17(24-11-14)5-4-7-21(13-17)10-15-18-6-8-20(15)3;3-2(4,5)1(6)7/h6,8,14H,4-5,7,9-13H2,1-3H3;(H,6,7). The van der Waals surface area contributed by atoms with Crippen molar-refractivity contribution in [3.8, 4) is 0 Å². The Morgan fingerprint density at radius 1 is 1.42 bits per heavy atom. The lowest BCUT2D eigenvalue weighted by atomic mass is 9.89. The fourth-order valence-electron chi connectivity index (χ4n) is 3.59. The first kappa shape index (κ1) is 25.1. The van der Waals surface area contributed by atoms with Crippen LogP contribution in [0.4, 0.5) is 13.2 Å². The predicted octanol–water partition coefficient (Wildman–Crippen LogP) is 1.28. The van der Waals surface area contributed by atoms with E-state index in [1.165, 1.54) is 0 Å². The molecule has 2 fully saturated rings. The van der Waals surface area contributed by atoms with Gasteiger partial charge < -0.3 is 24.0 Å². The summed E-state index contributed by atoms with van der Waals surface area (Å²) in [6.45, 7) is 3.54. The van der Waals surface area contributed by atoms with Gasteiger partial charge in [-0.25, -0.2) is 9.78 Å². The van der Waals surface area contributed by atoms with Crippen molar-refractivity contribution < 1.29 is 37.3 Å². The number of carboxylic acids is 1. The summed E-state index contributed by atoms with van der Waals surface area (Å²) in [7, 11) is 5.52. The number of amides is 1. The maximum Gasteiger partial charge on any atom is 0.490 e. The van der Waals surface area contributed by atoms with Crippen LogP contribution in [-0.2, 0) is 32.7 Å². The Labute approximate surface area is 178 Å². The molecule has 9 nitrogen and oxygen atoms in total. The molecule has 12 heteroatoms. The van der Waals surface area contributed by atoms with Crippen molar-refractivity contribution >= 4 is 11.9 Å². The van der Waals surface area contributed by atoms with Gasteiger partial charge in [0, 0.05) is 46.5 Å². The van der Waals surface area contributed by atoms with E-state index in [-0.39, 0.29) is 24.2 Å². The van der Waals surface area contributed by atoms with Gasteiger partial charge in [0.25, 0.3) is 0 Å². The van der Waals surface area contributed by atoms with Crippen LogP contribution in [0, 0.1) is 0 Å². The number of likely N-dealkylation sites (N-methyl/N-ethyl adjacent to an activating group) is 1. The number of hydrogen-bond donors (Lipinski definition) is 1. The zero-order chi connectivity index (χ0) is 23.2. The van der Waals surface area contributed by atoms with Crippen molar-refractivity contribution in [1.82, 2.24) is 19.4 Å². The molecule has 0 radical (unpaired) electrons. The average Bonchev–Trinajstić information content (AvgIpc) is 3.26. The number of carbonyl (C=O) groups is 2. The molecule has 1 spiro atoms. The fraction of sp³-hybridized carbons (Fsp3) is 0.737. The molecule has 3 rings (SSSR count). The van der Waals surface area contributed by atoms with E-state index in [4.69, 9.17) is 19.4 Å². The van der Waals surface area contributed by atoms with E-state index < -0.39 is 12.1 Å². The molecular formula is C19H29F3N4O5. The molecule has 0 aliphatic carbocycles. The Kier molecular flexibility index (Phi) is 8.43. The van der Waals surface area contributed by atoms with Gasteiger partial charge in [0.1, 0.15) is 12.4 Å². The smallest absolute Gasteiger partial charge is 0.475 e. The molecule has 1 aromatic heterocycles. The highest BCUT2D eigenvalue weighted by Gasteiger charge is 2.44. The number of carbonyl (C=O) groups excluding carboxylic acids is 1. The van der Waals surface area contributed by atoms with Crippen molar-refractivity contribution in [2.75, 3.05) is 40.4 Å². The third-order valence-electron chi connectivity index (χ3n) is 5.26. The summed E-state index contributed by atoms with van der Waals surface area (Å²) >= 11 is 0. The minimum atomic E-state index is -5.08. The number of piperidine rings is 1. The van der Waals surface area contributed by atoms with Gasteiger partial charge in [-0.05, 0) is 19.4 Å². The number of imidazole rings is 1. The highest BCUT2D eigenvalue weighted by Crippen LogP contribution is 2.36. The Bertz CT molecular complexity index is 755. The Balaban J connectivity index is 0.000000423. The van der Waals surface area contributed by atoms with Crippen molar-refractivity contribution in [3.05, 3.63) is 18.2 Å². The third kappa shape index (κ3) is 7.47. The number of aromatic nitrogens is 2. The summed E-state index contributed by atoms with van der Waals surface area (Å²) < 4.78 is 45.7. The summed E-state index contributed by atoms with van der Waals surface area (Å²) in [4.78, 5) is 29.0. The van der Waals surface area contributed by atoms with E-state index in [2.05, 4.69) is 14.5 Å². The number of aryl methyl sites for hydroxylation is 1. The topological polar surface area (TPSA) is 97.1 Å². The Morgan fingerprint density at radius 2 is 2.10 bits per heavy atom. The number of ether oxygens (including phenoxy) is 2. The molecule has 1 aromatic rings. The van der Waals surface area contributed by atoms with Gasteiger partial charge in [-0.3, -0.25) is 9.69 Å². The lowest BCUT2D eigenvalue weighted by Crippen LogP contribution is -2.47. The van der Waals surface area contributed by atoms with Crippen molar-refractivity contribution in [3.63, 3.8) is 0 Å². The van der Waals surface area contributed by atoms with Gasteiger partial charge in [0.2, 0.25) is 5.91 Å². The molecule has 0 saturated carbocycles. The van der Waals surface area contributed by atoms with Crippen LogP contribution in [0.5, 0.6) is 0 Å². The van der Waals surface area contributed by atoms with Crippen LogP contribution in [0.25, 0.3) is 0 Å². The van der Waals surface area contributed by atoms with Crippen LogP contribution in [-0.4, -0.2) is 94.6 Å². The van der Waals surface area contributed by atoms with E-state index in [0.29, 0.717) is 6.61 Å². The second kappa shape index (κ2) is 10.4. The minimum Gasteiger partial charge on any atom is -0.475 e. The zero-order valence-electron chi connectivity index (χ0n) is 17.9. The molecule has 2 aliphatic rings. The summed E-state index contributed by atoms with van der Waals surface area (Å²) in [6.07, 6.45) is 1.80. The maximum atomic E-state index is 11.7. The molecule has 0 bridgehead atoms. The molecule has 2 atom stereocenters. The fourth-order valence-corrected chi connectivity index (χ4v) is 3.59. The highest BCUT2D eigenvalue weighted by molar-refractivity contribution is 5.76. The quantitative estimate of drug-likeness (QED) is 0.722. The lowest BCUT2D eigenvalue weighted by molar-refractivity contribution is -0.192. The van der Waals surface area contributed by atoms with Gasteiger partial charge in [-0.1, -0.05) is 0 Å². The number of alkyl halides is 3. The maximum absolute atomic E-state index is 11.7. The number of carboxylic acid groups (broad SMARTS) is 1. The second-order valence-electron chi connectivity index (χ2n) is 7.99. The number of nitrogens with zero attached hydrogens (tertiary/aromatic N) is 4. The summed E-state index contributed by atoms with van der Waals surface area (Å²) in [5.41, 5.74) is -0.130. The number of halogens is 3. The first-order chi connectivity index (χ1) is 14.4. The molecular weight excluding hydrogens is 421 g/mol. The molecule has 0 aromatic carbocycles. The molecule has 1 amide bonds.